The predicted molar refractivity (Wildman–Crippen MR) is 117 cm³/mol. The highest BCUT2D eigenvalue weighted by Gasteiger charge is 2.53. The number of thioether (sulfide) groups is 2. The maximum Gasteiger partial charge on any atom is 0.511 e. The molecule has 0 radical (unpaired) electrons. The molecule has 4 heterocycles. The number of hydrogen-bond donors (Lipinski definition) is 0. The number of ether oxygens (including phenoxy) is 3. The minimum absolute atomic E-state index is 0.00438. The van der Waals surface area contributed by atoms with E-state index in [1.165, 1.54) is 4.90 Å². The maximum absolute atomic E-state index is 12.8. The van der Waals surface area contributed by atoms with Crippen LogP contribution in [-0.2, 0) is 23.8 Å². The first-order valence-electron chi connectivity index (χ1n) is 10.3. The van der Waals surface area contributed by atoms with Gasteiger partial charge in [-0.05, 0) is 20.8 Å². The second-order valence-electron chi connectivity index (χ2n) is 8.85. The van der Waals surface area contributed by atoms with Crippen molar-refractivity contribution in [2.45, 2.75) is 51.0 Å². The third-order valence-corrected chi connectivity index (χ3v) is 7.86. The first-order valence-corrected chi connectivity index (χ1v) is 12.2. The lowest BCUT2D eigenvalue weighted by atomic mass is 9.94. The molecule has 4 aliphatic heterocycles. The van der Waals surface area contributed by atoms with Gasteiger partial charge in [0.05, 0.1) is 12.6 Å². The van der Waals surface area contributed by atoms with Crippen LogP contribution in [0.25, 0.3) is 0 Å². The maximum atomic E-state index is 12.8. The number of carbonyl (C=O) groups is 3. The van der Waals surface area contributed by atoms with Crippen molar-refractivity contribution in [2.24, 2.45) is 10.9 Å². The van der Waals surface area contributed by atoms with Crippen LogP contribution in [0.15, 0.2) is 15.6 Å². The standard InChI is InChI=1S/C20H27N3O6S2/c1-11-13-7-14(24)23(13)15(17(25)27-10-28-19(26)29-20(2,3)4)16(11)31-12-8-22(9-12)18-21-5-6-30-18/h11-13H,5-10H2,1-4H3. The van der Waals surface area contributed by atoms with Gasteiger partial charge in [0.15, 0.2) is 5.17 Å². The van der Waals surface area contributed by atoms with Crippen molar-refractivity contribution in [2.75, 3.05) is 32.2 Å². The smallest absolute Gasteiger partial charge is 0.428 e. The zero-order valence-electron chi connectivity index (χ0n) is 18.1. The summed E-state index contributed by atoms with van der Waals surface area (Å²) in [7, 11) is 0. The van der Waals surface area contributed by atoms with E-state index in [4.69, 9.17) is 14.2 Å². The van der Waals surface area contributed by atoms with Crippen LogP contribution in [0.5, 0.6) is 0 Å². The number of aliphatic imine (C=N–C) groups is 1. The Balaban J connectivity index is 1.37. The molecule has 2 saturated heterocycles. The van der Waals surface area contributed by atoms with E-state index in [2.05, 4.69) is 9.89 Å². The van der Waals surface area contributed by atoms with Crippen molar-refractivity contribution < 1.29 is 28.6 Å². The van der Waals surface area contributed by atoms with Gasteiger partial charge < -0.3 is 24.0 Å². The van der Waals surface area contributed by atoms with E-state index >= 15 is 0 Å². The number of hydrogen-bond acceptors (Lipinski definition) is 10. The molecule has 0 aromatic heterocycles. The average molecular weight is 470 g/mol. The van der Waals surface area contributed by atoms with Gasteiger partial charge in [0.1, 0.15) is 11.3 Å². The van der Waals surface area contributed by atoms with Crippen molar-refractivity contribution in [1.29, 1.82) is 0 Å². The molecule has 1 amide bonds. The lowest BCUT2D eigenvalue weighted by Crippen LogP contribution is -2.52. The summed E-state index contributed by atoms with van der Waals surface area (Å²) in [5.41, 5.74) is -0.414. The van der Waals surface area contributed by atoms with Crippen LogP contribution >= 0.6 is 23.5 Å². The molecule has 0 spiro atoms. The van der Waals surface area contributed by atoms with Crippen LogP contribution in [0.3, 0.4) is 0 Å². The fourth-order valence-electron chi connectivity index (χ4n) is 3.85. The largest absolute Gasteiger partial charge is 0.511 e. The number of nitrogens with zero attached hydrogens (tertiary/aromatic N) is 3. The van der Waals surface area contributed by atoms with Crippen LogP contribution in [-0.4, -0.2) is 82.1 Å². The molecule has 9 nitrogen and oxygen atoms in total. The van der Waals surface area contributed by atoms with Gasteiger partial charge in [0, 0.05) is 41.3 Å². The predicted octanol–water partition coefficient (Wildman–Crippen LogP) is 2.42. The van der Waals surface area contributed by atoms with Crippen molar-refractivity contribution in [3.8, 4) is 0 Å². The van der Waals surface area contributed by atoms with Crippen LogP contribution < -0.4 is 0 Å². The van der Waals surface area contributed by atoms with Crippen LogP contribution in [0.1, 0.15) is 34.1 Å². The van der Waals surface area contributed by atoms with Gasteiger partial charge in [-0.1, -0.05) is 18.7 Å². The number of fused-ring (bicyclic) bond motifs is 1. The average Bonchev–Trinajstić information content (AvgIpc) is 3.22. The van der Waals surface area contributed by atoms with Gasteiger partial charge >= 0.3 is 12.1 Å². The third-order valence-electron chi connectivity index (χ3n) is 5.38. The Morgan fingerprint density at radius 3 is 2.61 bits per heavy atom. The Kier molecular flexibility index (Phi) is 6.17. The molecule has 0 aromatic carbocycles. The Morgan fingerprint density at radius 1 is 1.26 bits per heavy atom. The summed E-state index contributed by atoms with van der Waals surface area (Å²) in [4.78, 5) is 45.8. The highest BCUT2D eigenvalue weighted by molar-refractivity contribution is 8.14. The summed E-state index contributed by atoms with van der Waals surface area (Å²) in [5.74, 6) is 0.371. The fourth-order valence-corrected chi connectivity index (χ4v) is 6.26. The molecule has 0 bridgehead atoms. The minimum Gasteiger partial charge on any atom is -0.428 e. The Hall–Kier alpha value is -1.88. The molecule has 2 atom stereocenters. The molecule has 2 fully saturated rings. The van der Waals surface area contributed by atoms with E-state index in [1.54, 1.807) is 44.3 Å². The van der Waals surface area contributed by atoms with Gasteiger partial charge in [0.2, 0.25) is 12.7 Å². The number of esters is 1. The van der Waals surface area contributed by atoms with Gasteiger partial charge in [-0.15, -0.1) is 11.8 Å². The summed E-state index contributed by atoms with van der Waals surface area (Å²) >= 11 is 3.42. The number of amidine groups is 1. The summed E-state index contributed by atoms with van der Waals surface area (Å²) in [5, 5.41) is 1.43. The number of amides is 1. The van der Waals surface area contributed by atoms with Gasteiger partial charge in [-0.25, -0.2) is 9.59 Å². The number of carbonyl (C=O) groups excluding carboxylic acids is 3. The van der Waals surface area contributed by atoms with Gasteiger partial charge in [0.25, 0.3) is 0 Å². The first-order chi connectivity index (χ1) is 14.6. The molecule has 0 N–H and O–H groups in total. The number of β-lactam (4-membered cyclic amide) rings is 1. The van der Waals surface area contributed by atoms with Crippen LogP contribution in [0.4, 0.5) is 4.79 Å². The summed E-state index contributed by atoms with van der Waals surface area (Å²) in [6.45, 7) is 9.22. The summed E-state index contributed by atoms with van der Waals surface area (Å²) in [6, 6.07) is -0.00438. The second-order valence-corrected chi connectivity index (χ2v) is 11.3. The summed E-state index contributed by atoms with van der Waals surface area (Å²) in [6.07, 6.45) is -0.482. The van der Waals surface area contributed by atoms with Crippen molar-refractivity contribution in [3.63, 3.8) is 0 Å². The lowest BCUT2D eigenvalue weighted by Gasteiger charge is -2.40. The molecule has 31 heavy (non-hydrogen) atoms. The highest BCUT2D eigenvalue weighted by atomic mass is 32.2. The molecule has 0 aromatic rings. The van der Waals surface area contributed by atoms with E-state index < -0.39 is 24.5 Å². The Bertz CT molecular complexity index is 846. The Labute approximate surface area is 189 Å². The minimum atomic E-state index is -0.913. The zero-order chi connectivity index (χ0) is 22.3. The van der Waals surface area contributed by atoms with Crippen molar-refractivity contribution in [1.82, 2.24) is 9.80 Å². The molecule has 0 saturated carbocycles. The topological polar surface area (TPSA) is 97.7 Å². The molecule has 0 aliphatic carbocycles. The van der Waals surface area contributed by atoms with E-state index in [9.17, 15) is 14.4 Å². The molecular formula is C20H27N3O6S2. The normalized spacial score (nSPS) is 25.7. The highest BCUT2D eigenvalue weighted by Crippen LogP contribution is 2.49. The van der Waals surface area contributed by atoms with Crippen molar-refractivity contribution >= 4 is 46.7 Å². The van der Waals surface area contributed by atoms with E-state index in [0.717, 1.165) is 35.5 Å². The fraction of sp³-hybridized carbons (Fsp3) is 0.700. The second kappa shape index (κ2) is 8.57. The third kappa shape index (κ3) is 4.67. The molecular weight excluding hydrogens is 442 g/mol. The molecule has 4 rings (SSSR count). The first kappa shape index (κ1) is 22.3. The van der Waals surface area contributed by atoms with E-state index in [1.807, 2.05) is 6.92 Å². The molecule has 170 valence electrons. The van der Waals surface area contributed by atoms with Gasteiger partial charge in [-0.2, -0.15) is 0 Å². The quantitative estimate of drug-likeness (QED) is 0.341. The monoisotopic (exact) mass is 469 g/mol. The van der Waals surface area contributed by atoms with E-state index in [-0.39, 0.29) is 23.6 Å². The molecule has 11 heteroatoms. The van der Waals surface area contributed by atoms with Crippen molar-refractivity contribution in [3.05, 3.63) is 10.6 Å². The Morgan fingerprint density at radius 2 is 2.00 bits per heavy atom. The number of likely N-dealkylation sites (tertiary alicyclic amines) is 1. The SMILES string of the molecule is CC1C(SC2CN(C3=NCCS3)C2)=C(C(=O)OCOC(=O)OC(C)(C)C)N2C(=O)CC12. The van der Waals surface area contributed by atoms with Crippen LogP contribution in [0.2, 0.25) is 0 Å². The lowest BCUT2D eigenvalue weighted by molar-refractivity contribution is -0.157. The van der Waals surface area contributed by atoms with Crippen LogP contribution in [0, 0.1) is 5.92 Å². The summed E-state index contributed by atoms with van der Waals surface area (Å²) < 4.78 is 15.0. The number of rotatable bonds is 5. The van der Waals surface area contributed by atoms with Gasteiger partial charge in [-0.3, -0.25) is 9.79 Å². The molecule has 4 aliphatic rings. The zero-order valence-corrected chi connectivity index (χ0v) is 19.7. The molecule has 2 unspecified atom stereocenters. The van der Waals surface area contributed by atoms with E-state index in [0.29, 0.717) is 11.7 Å².